The second-order valence-corrected chi connectivity index (χ2v) is 9.78. The van der Waals surface area contributed by atoms with Crippen LogP contribution < -0.4 is 5.32 Å². The standard InChI is InChI=1S/C22H20N4O3S2/c27-22(23-14-8-16-31(28,29)18-11-5-2-6-12-18)20-24-21(19-13-7-15-30-19)26(25-20)17-9-3-1-4-10-17/h1-7,9-13,15H,8,14,16H2,(H,23,27). The Morgan fingerprint density at radius 3 is 2.35 bits per heavy atom. The molecule has 2 aromatic carbocycles. The van der Waals surface area contributed by atoms with Gasteiger partial charge in [0.25, 0.3) is 5.91 Å². The summed E-state index contributed by atoms with van der Waals surface area (Å²) in [5.74, 6) is 0.129. The van der Waals surface area contributed by atoms with Gasteiger partial charge in [0.1, 0.15) is 0 Å². The highest BCUT2D eigenvalue weighted by Crippen LogP contribution is 2.25. The predicted molar refractivity (Wildman–Crippen MR) is 120 cm³/mol. The molecular weight excluding hydrogens is 432 g/mol. The molecule has 0 radical (unpaired) electrons. The molecule has 0 bridgehead atoms. The number of nitrogens with zero attached hydrogens (tertiary/aromatic N) is 3. The van der Waals surface area contributed by atoms with Gasteiger partial charge in [-0.15, -0.1) is 16.4 Å². The van der Waals surface area contributed by atoms with Crippen molar-refractivity contribution in [1.29, 1.82) is 0 Å². The summed E-state index contributed by atoms with van der Waals surface area (Å²) in [7, 11) is -3.38. The Kier molecular flexibility index (Phi) is 6.24. The Hall–Kier alpha value is -3.30. The minimum atomic E-state index is -3.38. The maximum Gasteiger partial charge on any atom is 0.290 e. The number of rotatable bonds is 8. The zero-order valence-corrected chi connectivity index (χ0v) is 18.1. The summed E-state index contributed by atoms with van der Waals surface area (Å²) in [5.41, 5.74) is 0.798. The van der Waals surface area contributed by atoms with Crippen LogP contribution in [0.3, 0.4) is 0 Å². The molecule has 4 rings (SSSR count). The maximum absolute atomic E-state index is 12.6. The molecule has 0 unspecified atom stereocenters. The Balaban J connectivity index is 1.44. The number of carbonyl (C=O) groups excluding carboxylic acids is 1. The van der Waals surface area contributed by atoms with E-state index >= 15 is 0 Å². The molecule has 2 heterocycles. The van der Waals surface area contributed by atoms with Gasteiger partial charge in [0, 0.05) is 6.54 Å². The number of thiophene rings is 1. The molecular formula is C22H20N4O3S2. The minimum Gasteiger partial charge on any atom is -0.349 e. The van der Waals surface area contributed by atoms with Crippen LogP contribution in [-0.4, -0.2) is 41.4 Å². The number of hydrogen-bond donors (Lipinski definition) is 1. The van der Waals surface area contributed by atoms with Gasteiger partial charge < -0.3 is 5.32 Å². The fraction of sp³-hybridized carbons (Fsp3) is 0.136. The first kappa shape index (κ1) is 21.0. The van der Waals surface area contributed by atoms with E-state index < -0.39 is 15.7 Å². The topological polar surface area (TPSA) is 94.0 Å². The first-order valence-electron chi connectivity index (χ1n) is 9.67. The second-order valence-electron chi connectivity index (χ2n) is 6.73. The smallest absolute Gasteiger partial charge is 0.290 e. The van der Waals surface area contributed by atoms with E-state index in [2.05, 4.69) is 15.4 Å². The summed E-state index contributed by atoms with van der Waals surface area (Å²) >= 11 is 1.51. The molecule has 1 amide bonds. The second kappa shape index (κ2) is 9.23. The maximum atomic E-state index is 12.6. The van der Waals surface area contributed by atoms with E-state index in [1.54, 1.807) is 35.0 Å². The van der Waals surface area contributed by atoms with Crippen molar-refractivity contribution in [2.75, 3.05) is 12.3 Å². The highest BCUT2D eigenvalue weighted by Gasteiger charge is 2.19. The van der Waals surface area contributed by atoms with Crippen LogP contribution in [-0.2, 0) is 9.84 Å². The molecule has 2 aromatic heterocycles. The van der Waals surface area contributed by atoms with Gasteiger partial charge in [-0.1, -0.05) is 42.5 Å². The lowest BCUT2D eigenvalue weighted by Crippen LogP contribution is -2.27. The zero-order valence-electron chi connectivity index (χ0n) is 16.5. The quantitative estimate of drug-likeness (QED) is 0.412. The molecule has 1 N–H and O–H groups in total. The summed E-state index contributed by atoms with van der Waals surface area (Å²) < 4.78 is 26.3. The van der Waals surface area contributed by atoms with Crippen molar-refractivity contribution >= 4 is 27.1 Å². The lowest BCUT2D eigenvalue weighted by atomic mass is 10.3. The number of aromatic nitrogens is 3. The molecule has 7 nitrogen and oxygen atoms in total. The van der Waals surface area contributed by atoms with Gasteiger partial charge in [-0.2, -0.15) is 0 Å². The summed E-state index contributed by atoms with van der Waals surface area (Å²) in [6, 6.07) is 21.6. The van der Waals surface area contributed by atoms with Crippen molar-refractivity contribution in [3.8, 4) is 16.4 Å². The fourth-order valence-electron chi connectivity index (χ4n) is 3.01. The molecule has 0 atom stereocenters. The van der Waals surface area contributed by atoms with E-state index in [0.29, 0.717) is 12.2 Å². The molecule has 0 aliphatic carbocycles. The van der Waals surface area contributed by atoms with Crippen LogP contribution in [0.4, 0.5) is 0 Å². The van der Waals surface area contributed by atoms with Gasteiger partial charge in [0.15, 0.2) is 15.7 Å². The summed E-state index contributed by atoms with van der Waals surface area (Å²) in [6.07, 6.45) is 0.292. The number of para-hydroxylation sites is 1. The van der Waals surface area contributed by atoms with Crippen LogP contribution in [0.5, 0.6) is 0 Å². The normalized spacial score (nSPS) is 11.4. The molecule has 0 aliphatic rings. The molecule has 158 valence electrons. The summed E-state index contributed by atoms with van der Waals surface area (Å²) in [6.45, 7) is 0.207. The van der Waals surface area contributed by atoms with E-state index in [9.17, 15) is 13.2 Å². The van der Waals surface area contributed by atoms with Crippen molar-refractivity contribution in [2.24, 2.45) is 0 Å². The Morgan fingerprint density at radius 2 is 1.68 bits per heavy atom. The van der Waals surface area contributed by atoms with Gasteiger partial charge in [0.2, 0.25) is 5.82 Å². The molecule has 31 heavy (non-hydrogen) atoms. The summed E-state index contributed by atoms with van der Waals surface area (Å²) in [5, 5.41) is 9.05. The first-order valence-corrected chi connectivity index (χ1v) is 12.2. The zero-order chi connectivity index (χ0) is 21.7. The van der Waals surface area contributed by atoms with Crippen LogP contribution >= 0.6 is 11.3 Å². The van der Waals surface area contributed by atoms with Crippen molar-refractivity contribution in [1.82, 2.24) is 20.1 Å². The van der Waals surface area contributed by atoms with Crippen LogP contribution in [0.2, 0.25) is 0 Å². The third-order valence-corrected chi connectivity index (χ3v) is 7.21. The van der Waals surface area contributed by atoms with E-state index in [4.69, 9.17) is 0 Å². The highest BCUT2D eigenvalue weighted by atomic mass is 32.2. The van der Waals surface area contributed by atoms with Gasteiger partial charge in [-0.05, 0) is 42.1 Å². The van der Waals surface area contributed by atoms with Crippen LogP contribution in [0, 0.1) is 0 Å². The van der Waals surface area contributed by atoms with Gasteiger partial charge in [0.05, 0.1) is 21.2 Å². The predicted octanol–water partition coefficient (Wildman–Crippen LogP) is 3.59. The molecule has 9 heteroatoms. The molecule has 0 fully saturated rings. The van der Waals surface area contributed by atoms with Crippen molar-refractivity contribution in [3.63, 3.8) is 0 Å². The monoisotopic (exact) mass is 452 g/mol. The number of amides is 1. The number of carbonyl (C=O) groups is 1. The van der Waals surface area contributed by atoms with Crippen molar-refractivity contribution in [2.45, 2.75) is 11.3 Å². The third-order valence-electron chi connectivity index (χ3n) is 4.53. The van der Waals surface area contributed by atoms with E-state index in [-0.39, 0.29) is 23.0 Å². The summed E-state index contributed by atoms with van der Waals surface area (Å²) in [4.78, 5) is 18.2. The molecule has 4 aromatic rings. The molecule has 0 saturated carbocycles. The third kappa shape index (κ3) is 4.89. The van der Waals surface area contributed by atoms with Gasteiger partial charge in [-0.25, -0.2) is 18.1 Å². The number of nitrogens with one attached hydrogen (secondary N) is 1. The Bertz CT molecular complexity index is 1250. The average Bonchev–Trinajstić information content (AvgIpc) is 3.48. The number of sulfone groups is 1. The van der Waals surface area contributed by atoms with Crippen LogP contribution in [0.25, 0.3) is 16.4 Å². The van der Waals surface area contributed by atoms with Gasteiger partial charge >= 0.3 is 0 Å². The Morgan fingerprint density at radius 1 is 0.968 bits per heavy atom. The Labute approximate surface area is 184 Å². The average molecular weight is 453 g/mol. The number of hydrogen-bond acceptors (Lipinski definition) is 6. The molecule has 0 spiro atoms. The first-order chi connectivity index (χ1) is 15.0. The lowest BCUT2D eigenvalue weighted by Gasteiger charge is -2.05. The van der Waals surface area contributed by atoms with Gasteiger partial charge in [-0.3, -0.25) is 4.79 Å². The van der Waals surface area contributed by atoms with Crippen LogP contribution in [0.15, 0.2) is 83.1 Å². The van der Waals surface area contributed by atoms with Crippen molar-refractivity contribution in [3.05, 3.63) is 84.0 Å². The fourth-order valence-corrected chi connectivity index (χ4v) is 5.04. The largest absolute Gasteiger partial charge is 0.349 e. The molecule has 0 saturated heterocycles. The highest BCUT2D eigenvalue weighted by molar-refractivity contribution is 7.91. The minimum absolute atomic E-state index is 0.0400. The molecule has 0 aliphatic heterocycles. The van der Waals surface area contributed by atoms with E-state index in [1.807, 2.05) is 47.8 Å². The number of benzene rings is 2. The SMILES string of the molecule is O=C(NCCCS(=O)(=O)c1ccccc1)c1nc(-c2cccs2)n(-c2ccccc2)n1. The lowest BCUT2D eigenvalue weighted by molar-refractivity contribution is 0.0943. The van der Waals surface area contributed by atoms with E-state index in [1.165, 1.54) is 11.3 Å². The van der Waals surface area contributed by atoms with E-state index in [0.717, 1.165) is 10.6 Å². The van der Waals surface area contributed by atoms with Crippen LogP contribution in [0.1, 0.15) is 17.0 Å². The van der Waals surface area contributed by atoms with Crippen molar-refractivity contribution < 1.29 is 13.2 Å².